The molecule has 0 spiro atoms. The van der Waals surface area contributed by atoms with E-state index >= 15 is 0 Å². The van der Waals surface area contributed by atoms with Crippen LogP contribution in [0.3, 0.4) is 0 Å². The van der Waals surface area contributed by atoms with Crippen LogP contribution in [0.2, 0.25) is 0 Å². The zero-order valence-electron chi connectivity index (χ0n) is 7.79. The zero-order chi connectivity index (χ0) is 10.3. The highest BCUT2D eigenvalue weighted by Crippen LogP contribution is 2.34. The van der Waals surface area contributed by atoms with E-state index in [2.05, 4.69) is 5.32 Å². The molecule has 5 nitrogen and oxygen atoms in total. The van der Waals surface area contributed by atoms with Crippen molar-refractivity contribution in [2.24, 2.45) is 0 Å². The molecule has 0 unspecified atom stereocenters. The molecule has 2 aliphatic rings. The van der Waals surface area contributed by atoms with Crippen LogP contribution < -0.4 is 5.32 Å². The summed E-state index contributed by atoms with van der Waals surface area (Å²) in [5.74, 6) is -0.0565. The van der Waals surface area contributed by atoms with Crippen molar-refractivity contribution in [2.75, 3.05) is 0 Å². The average Bonchev–Trinajstić information content (AvgIpc) is 2.46. The number of allylic oxidation sites excluding steroid dienone is 3. The van der Waals surface area contributed by atoms with E-state index in [1.54, 1.807) is 6.92 Å². The monoisotopic (exact) mass is 194 g/mol. The molecule has 1 aliphatic carbocycles. The molecule has 14 heavy (non-hydrogen) atoms. The van der Waals surface area contributed by atoms with Crippen molar-refractivity contribution in [1.29, 1.82) is 0 Å². The number of carbonyl (C=O) groups excluding carboxylic acids is 1. The summed E-state index contributed by atoms with van der Waals surface area (Å²) in [5.41, 5.74) is 2.61. The highest BCUT2D eigenvalue weighted by Gasteiger charge is 2.31. The third kappa shape index (κ3) is 1.21. The summed E-state index contributed by atoms with van der Waals surface area (Å²) >= 11 is 0. The molecule has 1 aliphatic heterocycles. The largest absolute Gasteiger partial charge is 0.329 e. The van der Waals surface area contributed by atoms with Crippen LogP contribution in [0.25, 0.3) is 0 Å². The topological polar surface area (TPSA) is 72.2 Å². The second-order valence-corrected chi connectivity index (χ2v) is 3.51. The Balaban J connectivity index is 2.41. The fourth-order valence-electron chi connectivity index (χ4n) is 1.96. The number of amides is 1. The van der Waals surface area contributed by atoms with Gasteiger partial charge in [0.05, 0.1) is 11.3 Å². The number of nitro groups is 1. The van der Waals surface area contributed by atoms with E-state index in [4.69, 9.17) is 0 Å². The first-order chi connectivity index (χ1) is 6.59. The van der Waals surface area contributed by atoms with E-state index < -0.39 is 0 Å². The Bertz CT molecular complexity index is 393. The summed E-state index contributed by atoms with van der Waals surface area (Å²) < 4.78 is 0. The van der Waals surface area contributed by atoms with Gasteiger partial charge < -0.3 is 5.32 Å². The molecule has 0 radical (unpaired) electrons. The lowest BCUT2D eigenvalue weighted by Gasteiger charge is -2.13. The lowest BCUT2D eigenvalue weighted by molar-refractivity contribution is -0.429. The van der Waals surface area contributed by atoms with E-state index in [0.29, 0.717) is 24.8 Å². The quantitative estimate of drug-likeness (QED) is 0.502. The molecule has 5 heteroatoms. The van der Waals surface area contributed by atoms with Gasteiger partial charge in [-0.2, -0.15) is 0 Å². The summed E-state index contributed by atoms with van der Waals surface area (Å²) in [5, 5.41) is 13.4. The molecule has 0 aromatic rings. The summed E-state index contributed by atoms with van der Waals surface area (Å²) in [7, 11) is 0. The Hall–Kier alpha value is -1.65. The van der Waals surface area contributed by atoms with E-state index in [1.807, 2.05) is 0 Å². The van der Waals surface area contributed by atoms with Gasteiger partial charge in [-0.15, -0.1) is 0 Å². The number of rotatable bonds is 1. The van der Waals surface area contributed by atoms with Gasteiger partial charge in [-0.3, -0.25) is 14.9 Å². The Labute approximate surface area is 80.6 Å². The standard InChI is InChI=1S/C9H10N2O3/c1-5-6-4-9(12)10-7(6)2-3-8(5)11(13)14/h2-4H2,1H3,(H,10,12). The van der Waals surface area contributed by atoms with Gasteiger partial charge in [0.2, 0.25) is 11.6 Å². The van der Waals surface area contributed by atoms with Crippen LogP contribution in [0.1, 0.15) is 26.2 Å². The fraction of sp³-hybridized carbons (Fsp3) is 0.444. The van der Waals surface area contributed by atoms with Crippen molar-refractivity contribution in [2.45, 2.75) is 26.2 Å². The van der Waals surface area contributed by atoms with Crippen LogP contribution in [0.5, 0.6) is 0 Å². The van der Waals surface area contributed by atoms with E-state index in [9.17, 15) is 14.9 Å². The first kappa shape index (κ1) is 8.93. The molecule has 74 valence electrons. The fourth-order valence-corrected chi connectivity index (χ4v) is 1.96. The molecule has 0 saturated heterocycles. The molecule has 0 aromatic carbocycles. The van der Waals surface area contributed by atoms with Crippen molar-refractivity contribution in [3.8, 4) is 0 Å². The first-order valence-electron chi connectivity index (χ1n) is 4.46. The minimum absolute atomic E-state index is 0.0565. The van der Waals surface area contributed by atoms with E-state index in [-0.39, 0.29) is 16.5 Å². The smallest absolute Gasteiger partial charge is 0.249 e. The maximum absolute atomic E-state index is 11.1. The molecule has 0 fully saturated rings. The highest BCUT2D eigenvalue weighted by molar-refractivity contribution is 5.86. The van der Waals surface area contributed by atoms with Crippen molar-refractivity contribution >= 4 is 5.91 Å². The van der Waals surface area contributed by atoms with Crippen LogP contribution in [0, 0.1) is 10.1 Å². The molecule has 0 atom stereocenters. The third-order valence-electron chi connectivity index (χ3n) is 2.71. The van der Waals surface area contributed by atoms with Crippen molar-refractivity contribution in [3.05, 3.63) is 32.7 Å². The maximum Gasteiger partial charge on any atom is 0.249 e. The number of nitrogens with zero attached hydrogens (tertiary/aromatic N) is 1. The van der Waals surface area contributed by atoms with Crippen LogP contribution in [0.4, 0.5) is 0 Å². The van der Waals surface area contributed by atoms with Gasteiger partial charge in [0.1, 0.15) is 0 Å². The minimum atomic E-state index is -0.345. The molecule has 0 bridgehead atoms. The van der Waals surface area contributed by atoms with Gasteiger partial charge in [0, 0.05) is 17.7 Å². The van der Waals surface area contributed by atoms with E-state index in [1.165, 1.54) is 0 Å². The molecule has 2 rings (SSSR count). The van der Waals surface area contributed by atoms with Gasteiger partial charge in [0.25, 0.3) is 0 Å². The SMILES string of the molecule is CC1=C([N+](=O)[O-])CCC2=C1CC(=O)N2. The van der Waals surface area contributed by atoms with Gasteiger partial charge in [-0.25, -0.2) is 0 Å². The summed E-state index contributed by atoms with van der Waals surface area (Å²) in [6.45, 7) is 1.72. The third-order valence-corrected chi connectivity index (χ3v) is 2.71. The summed E-state index contributed by atoms with van der Waals surface area (Å²) in [4.78, 5) is 21.4. The van der Waals surface area contributed by atoms with Crippen LogP contribution in [-0.4, -0.2) is 10.8 Å². The van der Waals surface area contributed by atoms with Crippen molar-refractivity contribution in [3.63, 3.8) is 0 Å². The highest BCUT2D eigenvalue weighted by atomic mass is 16.6. The normalized spacial score (nSPS) is 21.1. The van der Waals surface area contributed by atoms with Gasteiger partial charge in [0.15, 0.2) is 0 Å². The molecule has 1 heterocycles. The summed E-state index contributed by atoms with van der Waals surface area (Å²) in [6, 6.07) is 0. The molecule has 0 aromatic heterocycles. The lowest BCUT2D eigenvalue weighted by atomic mass is 9.94. The second kappa shape index (κ2) is 2.94. The van der Waals surface area contributed by atoms with Crippen molar-refractivity contribution in [1.82, 2.24) is 5.32 Å². The maximum atomic E-state index is 11.1. The Kier molecular flexibility index (Phi) is 1.87. The predicted octanol–water partition coefficient (Wildman–Crippen LogP) is 1.10. The molecule has 1 N–H and O–H groups in total. The average molecular weight is 194 g/mol. The van der Waals surface area contributed by atoms with Crippen LogP contribution >= 0.6 is 0 Å². The van der Waals surface area contributed by atoms with Crippen LogP contribution in [-0.2, 0) is 4.79 Å². The van der Waals surface area contributed by atoms with Crippen LogP contribution in [0.15, 0.2) is 22.5 Å². The first-order valence-corrected chi connectivity index (χ1v) is 4.46. The van der Waals surface area contributed by atoms with Gasteiger partial charge in [-0.1, -0.05) is 0 Å². The van der Waals surface area contributed by atoms with E-state index in [0.717, 1.165) is 11.3 Å². The number of hydrogen-bond acceptors (Lipinski definition) is 3. The Morgan fingerprint density at radius 1 is 1.43 bits per heavy atom. The zero-order valence-corrected chi connectivity index (χ0v) is 7.79. The predicted molar refractivity (Wildman–Crippen MR) is 48.7 cm³/mol. The second-order valence-electron chi connectivity index (χ2n) is 3.51. The molecular formula is C9H10N2O3. The van der Waals surface area contributed by atoms with Gasteiger partial charge in [-0.05, 0) is 18.9 Å². The minimum Gasteiger partial charge on any atom is -0.329 e. The summed E-state index contributed by atoms with van der Waals surface area (Å²) in [6.07, 6.45) is 1.28. The molecular weight excluding hydrogens is 184 g/mol. The number of nitrogens with one attached hydrogen (secondary N) is 1. The lowest BCUT2D eigenvalue weighted by Crippen LogP contribution is -2.16. The molecule has 0 saturated carbocycles. The molecule has 1 amide bonds. The Morgan fingerprint density at radius 3 is 2.79 bits per heavy atom. The Morgan fingerprint density at radius 2 is 2.14 bits per heavy atom. The van der Waals surface area contributed by atoms with Gasteiger partial charge >= 0.3 is 0 Å². The number of hydrogen-bond donors (Lipinski definition) is 1. The van der Waals surface area contributed by atoms with Crippen molar-refractivity contribution < 1.29 is 9.72 Å². The number of carbonyl (C=O) groups is 1.